The summed E-state index contributed by atoms with van der Waals surface area (Å²) in [5.41, 5.74) is 7.24. The first-order chi connectivity index (χ1) is 9.16. The Hall–Kier alpha value is -0.370. The zero-order valence-corrected chi connectivity index (χ0v) is 15.5. The number of nitrogens with zero attached hydrogens (tertiary/aromatic N) is 3. The molecule has 0 bridgehead atoms. The lowest BCUT2D eigenvalue weighted by Crippen LogP contribution is -2.38. The van der Waals surface area contributed by atoms with Gasteiger partial charge in [-0.25, -0.2) is 9.98 Å². The second-order valence-corrected chi connectivity index (χ2v) is 6.34. The predicted molar refractivity (Wildman–Crippen MR) is 97.0 cm³/mol. The van der Waals surface area contributed by atoms with Crippen LogP contribution in [0.15, 0.2) is 10.4 Å². The first kappa shape index (κ1) is 17.7. The standard InChI is InChI=1S/C14H24N4S.HI/c1-11(2)12-10-19-13(17-12)9-16-14(15)18-7-5-3-4-6-8-18;/h10-11H,3-9H2,1-2H3,(H2,15,16);1H. The predicted octanol–water partition coefficient (Wildman–Crippen LogP) is 3.58. The van der Waals surface area contributed by atoms with E-state index in [0.717, 1.165) is 23.8 Å². The molecule has 0 saturated carbocycles. The van der Waals surface area contributed by atoms with Crippen molar-refractivity contribution in [2.45, 2.75) is 52.0 Å². The second-order valence-electron chi connectivity index (χ2n) is 5.40. The second kappa shape index (κ2) is 8.81. The molecule has 1 fully saturated rings. The normalized spacial score (nSPS) is 16.9. The molecule has 1 saturated heterocycles. The molecule has 20 heavy (non-hydrogen) atoms. The average Bonchev–Trinajstić information content (AvgIpc) is 2.70. The van der Waals surface area contributed by atoms with Crippen LogP contribution in [0.5, 0.6) is 0 Å². The summed E-state index contributed by atoms with van der Waals surface area (Å²) in [5.74, 6) is 1.17. The van der Waals surface area contributed by atoms with E-state index >= 15 is 0 Å². The third-order valence-electron chi connectivity index (χ3n) is 3.47. The van der Waals surface area contributed by atoms with Gasteiger partial charge in [-0.05, 0) is 18.8 Å². The van der Waals surface area contributed by atoms with Gasteiger partial charge in [-0.3, -0.25) is 0 Å². The molecule has 0 spiro atoms. The van der Waals surface area contributed by atoms with Crippen LogP contribution in [0.25, 0.3) is 0 Å². The van der Waals surface area contributed by atoms with Gasteiger partial charge in [0, 0.05) is 18.5 Å². The Morgan fingerprint density at radius 2 is 2.00 bits per heavy atom. The third kappa shape index (κ3) is 5.20. The van der Waals surface area contributed by atoms with E-state index < -0.39 is 0 Å². The quantitative estimate of drug-likeness (QED) is 0.473. The highest BCUT2D eigenvalue weighted by Gasteiger charge is 2.11. The van der Waals surface area contributed by atoms with Crippen LogP contribution in [0.1, 0.15) is 56.2 Å². The van der Waals surface area contributed by atoms with Crippen LogP contribution in [0.4, 0.5) is 0 Å². The molecule has 1 aliphatic heterocycles. The first-order valence-corrected chi connectivity index (χ1v) is 8.04. The first-order valence-electron chi connectivity index (χ1n) is 7.16. The van der Waals surface area contributed by atoms with Crippen molar-refractivity contribution in [2.75, 3.05) is 13.1 Å². The number of hydrogen-bond acceptors (Lipinski definition) is 3. The molecule has 1 aliphatic rings. The number of aliphatic imine (C=N–C) groups is 1. The van der Waals surface area contributed by atoms with Gasteiger partial charge < -0.3 is 10.6 Å². The maximum atomic E-state index is 6.09. The number of aromatic nitrogens is 1. The molecule has 2 rings (SSSR count). The molecule has 0 aliphatic carbocycles. The fourth-order valence-corrected chi connectivity index (χ4v) is 3.09. The fraction of sp³-hybridized carbons (Fsp3) is 0.714. The summed E-state index contributed by atoms with van der Waals surface area (Å²) in [4.78, 5) is 11.3. The summed E-state index contributed by atoms with van der Waals surface area (Å²) in [6.45, 7) is 7.02. The van der Waals surface area contributed by atoms with Crippen molar-refractivity contribution < 1.29 is 0 Å². The zero-order valence-electron chi connectivity index (χ0n) is 12.3. The molecular weight excluding hydrogens is 383 g/mol. The van der Waals surface area contributed by atoms with Gasteiger partial charge in [-0.15, -0.1) is 35.3 Å². The van der Waals surface area contributed by atoms with E-state index in [2.05, 4.69) is 34.1 Å². The lowest BCUT2D eigenvalue weighted by molar-refractivity contribution is 0.428. The minimum atomic E-state index is 0. The molecule has 6 heteroatoms. The van der Waals surface area contributed by atoms with E-state index in [1.807, 2.05) is 0 Å². The maximum absolute atomic E-state index is 6.09. The van der Waals surface area contributed by atoms with Crippen LogP contribution in [0.3, 0.4) is 0 Å². The van der Waals surface area contributed by atoms with E-state index in [4.69, 9.17) is 5.73 Å². The van der Waals surface area contributed by atoms with Gasteiger partial charge in [-0.1, -0.05) is 26.7 Å². The summed E-state index contributed by atoms with van der Waals surface area (Å²) in [7, 11) is 0. The molecule has 0 atom stereocenters. The van der Waals surface area contributed by atoms with Crippen LogP contribution >= 0.6 is 35.3 Å². The van der Waals surface area contributed by atoms with E-state index in [1.54, 1.807) is 11.3 Å². The SMILES string of the molecule is CC(C)c1csc(CN=C(N)N2CCCCCC2)n1.I. The summed E-state index contributed by atoms with van der Waals surface area (Å²) in [6.07, 6.45) is 5.08. The van der Waals surface area contributed by atoms with Gasteiger partial charge in [0.25, 0.3) is 0 Å². The minimum absolute atomic E-state index is 0. The van der Waals surface area contributed by atoms with Crippen LogP contribution in [0, 0.1) is 0 Å². The summed E-state index contributed by atoms with van der Waals surface area (Å²) >= 11 is 1.68. The van der Waals surface area contributed by atoms with Crippen molar-refractivity contribution in [3.05, 3.63) is 16.1 Å². The fourth-order valence-electron chi connectivity index (χ4n) is 2.21. The molecule has 2 N–H and O–H groups in total. The highest BCUT2D eigenvalue weighted by atomic mass is 127. The molecule has 2 heterocycles. The van der Waals surface area contributed by atoms with E-state index in [1.165, 1.54) is 25.7 Å². The van der Waals surface area contributed by atoms with Crippen molar-refractivity contribution in [3.8, 4) is 0 Å². The van der Waals surface area contributed by atoms with Crippen molar-refractivity contribution >= 4 is 41.3 Å². The smallest absolute Gasteiger partial charge is 0.191 e. The lowest BCUT2D eigenvalue weighted by Gasteiger charge is -2.20. The third-order valence-corrected chi connectivity index (χ3v) is 4.32. The largest absolute Gasteiger partial charge is 0.370 e. The summed E-state index contributed by atoms with van der Waals surface area (Å²) in [5, 5.41) is 3.18. The number of thiazole rings is 1. The van der Waals surface area contributed by atoms with Crippen molar-refractivity contribution in [3.63, 3.8) is 0 Å². The van der Waals surface area contributed by atoms with Crippen LogP contribution in [-0.4, -0.2) is 28.9 Å². The molecule has 114 valence electrons. The van der Waals surface area contributed by atoms with Crippen molar-refractivity contribution in [2.24, 2.45) is 10.7 Å². The van der Waals surface area contributed by atoms with Gasteiger partial charge in [0.2, 0.25) is 0 Å². The Morgan fingerprint density at radius 3 is 2.55 bits per heavy atom. The van der Waals surface area contributed by atoms with Gasteiger partial charge in [0.05, 0.1) is 12.2 Å². The van der Waals surface area contributed by atoms with Gasteiger partial charge >= 0.3 is 0 Å². The van der Waals surface area contributed by atoms with Gasteiger partial charge in [-0.2, -0.15) is 0 Å². The Balaban J connectivity index is 0.00000200. The molecule has 1 aromatic rings. The highest BCUT2D eigenvalue weighted by Crippen LogP contribution is 2.18. The van der Waals surface area contributed by atoms with Crippen LogP contribution in [0.2, 0.25) is 0 Å². The number of nitrogens with two attached hydrogens (primary N) is 1. The minimum Gasteiger partial charge on any atom is -0.370 e. The van der Waals surface area contributed by atoms with E-state index in [-0.39, 0.29) is 24.0 Å². The number of halogens is 1. The molecule has 1 aromatic heterocycles. The van der Waals surface area contributed by atoms with E-state index in [9.17, 15) is 0 Å². The molecule has 0 aromatic carbocycles. The number of guanidine groups is 1. The van der Waals surface area contributed by atoms with Crippen LogP contribution < -0.4 is 5.73 Å². The van der Waals surface area contributed by atoms with Crippen LogP contribution in [-0.2, 0) is 6.54 Å². The summed E-state index contributed by atoms with van der Waals surface area (Å²) < 4.78 is 0. The molecule has 0 amide bonds. The average molecular weight is 408 g/mol. The Labute approximate surface area is 142 Å². The topological polar surface area (TPSA) is 54.5 Å². The molecule has 4 nitrogen and oxygen atoms in total. The van der Waals surface area contributed by atoms with Gasteiger partial charge in [0.15, 0.2) is 5.96 Å². The lowest BCUT2D eigenvalue weighted by atomic mass is 10.2. The Kier molecular flexibility index (Phi) is 7.79. The van der Waals surface area contributed by atoms with E-state index in [0.29, 0.717) is 18.4 Å². The maximum Gasteiger partial charge on any atom is 0.191 e. The zero-order chi connectivity index (χ0) is 13.7. The molecule has 0 unspecified atom stereocenters. The van der Waals surface area contributed by atoms with Gasteiger partial charge in [0.1, 0.15) is 5.01 Å². The van der Waals surface area contributed by atoms with Crippen molar-refractivity contribution in [1.82, 2.24) is 9.88 Å². The molecular formula is C14H25IN4S. The Morgan fingerprint density at radius 1 is 1.35 bits per heavy atom. The summed E-state index contributed by atoms with van der Waals surface area (Å²) in [6, 6.07) is 0. The highest BCUT2D eigenvalue weighted by molar-refractivity contribution is 14.0. The number of likely N-dealkylation sites (tertiary alicyclic amines) is 1. The monoisotopic (exact) mass is 408 g/mol. The number of rotatable bonds is 3. The van der Waals surface area contributed by atoms with Crippen molar-refractivity contribution in [1.29, 1.82) is 0 Å². The number of hydrogen-bond donors (Lipinski definition) is 1. The molecule has 0 radical (unpaired) electrons. The Bertz CT molecular complexity index is 423.